The van der Waals surface area contributed by atoms with E-state index in [1.165, 1.54) is 25.8 Å². The number of rotatable bonds is 6. The third kappa shape index (κ3) is 4.94. The van der Waals surface area contributed by atoms with Crippen molar-refractivity contribution >= 4 is 10.8 Å². The van der Waals surface area contributed by atoms with Crippen LogP contribution in [-0.4, -0.2) is 39.7 Å². The molecule has 0 aromatic heterocycles. The van der Waals surface area contributed by atoms with E-state index in [1.807, 2.05) is 6.08 Å². The van der Waals surface area contributed by atoms with Crippen molar-refractivity contribution < 1.29 is 4.21 Å². The van der Waals surface area contributed by atoms with Gasteiger partial charge < -0.3 is 4.90 Å². The van der Waals surface area contributed by atoms with Crippen LogP contribution in [-0.2, 0) is 10.8 Å². The summed E-state index contributed by atoms with van der Waals surface area (Å²) in [7, 11) is -0.571. The molecular formula is C12H23NOS. The summed E-state index contributed by atoms with van der Waals surface area (Å²) in [5.41, 5.74) is 0. The van der Waals surface area contributed by atoms with Crippen LogP contribution in [0.2, 0.25) is 0 Å². The molecule has 0 radical (unpaired) electrons. The van der Waals surface area contributed by atoms with Crippen LogP contribution in [0.5, 0.6) is 0 Å². The predicted octanol–water partition coefficient (Wildman–Crippen LogP) is 2.19. The van der Waals surface area contributed by atoms with E-state index in [1.54, 1.807) is 0 Å². The van der Waals surface area contributed by atoms with Gasteiger partial charge in [0.15, 0.2) is 0 Å². The zero-order valence-corrected chi connectivity index (χ0v) is 10.6. The van der Waals surface area contributed by atoms with Gasteiger partial charge in [-0.3, -0.25) is 4.21 Å². The fourth-order valence-corrected chi connectivity index (χ4v) is 3.18. The Bertz CT molecular complexity index is 218. The molecule has 1 fully saturated rings. The number of unbranched alkanes of at least 4 members (excludes halogenated alkanes) is 3. The molecule has 0 bridgehead atoms. The summed E-state index contributed by atoms with van der Waals surface area (Å²) in [5.74, 6) is 0.869. The Kier molecular flexibility index (Phi) is 6.18. The maximum absolute atomic E-state index is 11.4. The summed E-state index contributed by atoms with van der Waals surface area (Å²) in [4.78, 5) is 2.46. The summed E-state index contributed by atoms with van der Waals surface area (Å²) in [6.45, 7) is 9.05. The Hall–Kier alpha value is -0.150. The maximum Gasteiger partial charge on any atom is 0.0447 e. The Morgan fingerprint density at radius 1 is 1.47 bits per heavy atom. The summed E-state index contributed by atoms with van der Waals surface area (Å²) in [5, 5.41) is 0.368. The molecule has 0 N–H and O–H groups in total. The van der Waals surface area contributed by atoms with Gasteiger partial charge >= 0.3 is 0 Å². The first-order chi connectivity index (χ1) is 7.24. The van der Waals surface area contributed by atoms with Crippen LogP contribution < -0.4 is 0 Å². The smallest absolute Gasteiger partial charge is 0.0447 e. The van der Waals surface area contributed by atoms with Crippen LogP contribution in [0, 0.1) is 0 Å². The molecule has 15 heavy (non-hydrogen) atoms. The number of hydrogen-bond acceptors (Lipinski definition) is 2. The second-order valence-electron chi connectivity index (χ2n) is 4.33. The topological polar surface area (TPSA) is 20.3 Å². The molecule has 88 valence electrons. The lowest BCUT2D eigenvalue weighted by Crippen LogP contribution is -2.42. The lowest BCUT2D eigenvalue weighted by Gasteiger charge is -2.30. The molecule has 0 aromatic carbocycles. The molecule has 1 aliphatic rings. The summed E-state index contributed by atoms with van der Waals surface area (Å²) in [6.07, 6.45) is 6.96. The standard InChI is InChI=1S/C12H23NOS/c1-3-4-5-6-7-8-13-9-10-15(14)12(2)11-13/h3,12H,1,4-11H2,2H3. The molecule has 2 unspecified atom stereocenters. The van der Waals surface area contributed by atoms with E-state index in [4.69, 9.17) is 0 Å². The molecule has 1 heterocycles. The van der Waals surface area contributed by atoms with Crippen LogP contribution >= 0.6 is 0 Å². The molecule has 0 spiro atoms. The molecule has 0 saturated carbocycles. The quantitative estimate of drug-likeness (QED) is 0.514. The molecule has 1 aliphatic heterocycles. The van der Waals surface area contributed by atoms with Crippen molar-refractivity contribution in [2.45, 2.75) is 37.9 Å². The first kappa shape index (κ1) is 12.9. The van der Waals surface area contributed by atoms with E-state index in [0.717, 1.165) is 25.3 Å². The van der Waals surface area contributed by atoms with Gasteiger partial charge in [0.2, 0.25) is 0 Å². The largest absolute Gasteiger partial charge is 0.301 e. The third-order valence-electron chi connectivity index (χ3n) is 2.96. The van der Waals surface area contributed by atoms with Crippen LogP contribution in [0.25, 0.3) is 0 Å². The van der Waals surface area contributed by atoms with Crippen molar-refractivity contribution in [3.63, 3.8) is 0 Å². The average molecular weight is 229 g/mol. The second kappa shape index (κ2) is 7.18. The highest BCUT2D eigenvalue weighted by molar-refractivity contribution is 7.85. The Balaban J connectivity index is 2.06. The van der Waals surface area contributed by atoms with Crippen LogP contribution in [0.3, 0.4) is 0 Å². The van der Waals surface area contributed by atoms with E-state index in [2.05, 4.69) is 18.4 Å². The van der Waals surface area contributed by atoms with Gasteiger partial charge in [0.25, 0.3) is 0 Å². The fourth-order valence-electron chi connectivity index (χ4n) is 1.96. The molecule has 2 atom stereocenters. The minimum atomic E-state index is -0.571. The van der Waals surface area contributed by atoms with Crippen molar-refractivity contribution in [3.8, 4) is 0 Å². The summed E-state index contributed by atoms with van der Waals surface area (Å²) < 4.78 is 11.4. The molecule has 1 rings (SSSR count). The normalized spacial score (nSPS) is 27.8. The van der Waals surface area contributed by atoms with Gasteiger partial charge in [-0.2, -0.15) is 0 Å². The number of allylic oxidation sites excluding steroid dienone is 1. The molecule has 0 aromatic rings. The van der Waals surface area contributed by atoms with Crippen molar-refractivity contribution in [3.05, 3.63) is 12.7 Å². The van der Waals surface area contributed by atoms with Crippen LogP contribution in [0.15, 0.2) is 12.7 Å². The first-order valence-corrected chi connectivity index (χ1v) is 7.32. The lowest BCUT2D eigenvalue weighted by atomic mass is 10.2. The fraction of sp³-hybridized carbons (Fsp3) is 0.833. The van der Waals surface area contributed by atoms with Crippen molar-refractivity contribution in [1.29, 1.82) is 0 Å². The van der Waals surface area contributed by atoms with E-state index < -0.39 is 10.8 Å². The average Bonchev–Trinajstić information content (AvgIpc) is 2.23. The van der Waals surface area contributed by atoms with Gasteiger partial charge in [-0.25, -0.2) is 0 Å². The monoisotopic (exact) mass is 229 g/mol. The Morgan fingerprint density at radius 2 is 2.27 bits per heavy atom. The van der Waals surface area contributed by atoms with Gasteiger partial charge in [0.1, 0.15) is 0 Å². The predicted molar refractivity (Wildman–Crippen MR) is 67.6 cm³/mol. The van der Waals surface area contributed by atoms with E-state index in [9.17, 15) is 4.21 Å². The highest BCUT2D eigenvalue weighted by atomic mass is 32.2. The van der Waals surface area contributed by atoms with E-state index >= 15 is 0 Å². The summed E-state index contributed by atoms with van der Waals surface area (Å²) in [6, 6.07) is 0. The van der Waals surface area contributed by atoms with E-state index in [0.29, 0.717) is 5.25 Å². The highest BCUT2D eigenvalue weighted by Gasteiger charge is 2.21. The zero-order chi connectivity index (χ0) is 11.1. The number of nitrogens with zero attached hydrogens (tertiary/aromatic N) is 1. The zero-order valence-electron chi connectivity index (χ0n) is 9.78. The molecule has 0 amide bonds. The Morgan fingerprint density at radius 3 is 2.93 bits per heavy atom. The van der Waals surface area contributed by atoms with Crippen LogP contribution in [0.4, 0.5) is 0 Å². The Labute approximate surface area is 96.2 Å². The molecule has 3 heteroatoms. The molecular weight excluding hydrogens is 206 g/mol. The first-order valence-electron chi connectivity index (χ1n) is 5.94. The molecule has 0 aliphatic carbocycles. The van der Waals surface area contributed by atoms with Crippen LogP contribution in [0.1, 0.15) is 32.6 Å². The minimum Gasteiger partial charge on any atom is -0.301 e. The van der Waals surface area contributed by atoms with Gasteiger partial charge in [-0.05, 0) is 32.7 Å². The van der Waals surface area contributed by atoms with Gasteiger partial charge in [0, 0.05) is 34.9 Å². The lowest BCUT2D eigenvalue weighted by molar-refractivity contribution is 0.276. The van der Waals surface area contributed by atoms with Gasteiger partial charge in [-0.15, -0.1) is 6.58 Å². The number of hydrogen-bond donors (Lipinski definition) is 0. The third-order valence-corrected chi connectivity index (χ3v) is 4.59. The highest BCUT2D eigenvalue weighted by Crippen LogP contribution is 2.10. The molecule has 1 saturated heterocycles. The van der Waals surface area contributed by atoms with Gasteiger partial charge in [0.05, 0.1) is 0 Å². The maximum atomic E-state index is 11.4. The summed E-state index contributed by atoms with van der Waals surface area (Å²) >= 11 is 0. The van der Waals surface area contributed by atoms with Gasteiger partial charge in [-0.1, -0.05) is 12.5 Å². The van der Waals surface area contributed by atoms with E-state index in [-0.39, 0.29) is 0 Å². The van der Waals surface area contributed by atoms with Crippen molar-refractivity contribution in [2.24, 2.45) is 0 Å². The SMILES string of the molecule is C=CCCCCCN1CCS(=O)C(C)C1. The second-order valence-corrected chi connectivity index (χ2v) is 6.31. The molecule has 2 nitrogen and oxygen atoms in total. The van der Waals surface area contributed by atoms with Crippen molar-refractivity contribution in [2.75, 3.05) is 25.4 Å². The minimum absolute atomic E-state index is 0.368. The van der Waals surface area contributed by atoms with Crippen molar-refractivity contribution in [1.82, 2.24) is 4.90 Å².